The Labute approximate surface area is 143 Å². The van der Waals surface area contributed by atoms with Crippen molar-refractivity contribution in [2.75, 3.05) is 25.4 Å². The number of carbonyl (C=O) groups is 1. The number of nitrogens with one attached hydrogen (secondary N) is 1. The van der Waals surface area contributed by atoms with Gasteiger partial charge in [-0.3, -0.25) is 9.78 Å². The second kappa shape index (κ2) is 10.1. The zero-order valence-corrected chi connectivity index (χ0v) is 15.0. The molecule has 1 aliphatic heterocycles. The van der Waals surface area contributed by atoms with Crippen LogP contribution < -0.4 is 5.32 Å². The summed E-state index contributed by atoms with van der Waals surface area (Å²) in [6.45, 7) is 6.67. The van der Waals surface area contributed by atoms with Gasteiger partial charge >= 0.3 is 0 Å². The van der Waals surface area contributed by atoms with Crippen LogP contribution in [-0.2, 0) is 4.79 Å². The molecule has 1 aromatic heterocycles. The molecule has 0 aliphatic carbocycles. The van der Waals surface area contributed by atoms with Gasteiger partial charge in [-0.25, -0.2) is 0 Å². The SMILES string of the molecule is CCCCSC(C)C(=O)N1CCNCC1c1cccnc1.Cl. The summed E-state index contributed by atoms with van der Waals surface area (Å²) in [5, 5.41) is 3.42. The number of aromatic nitrogens is 1. The lowest BCUT2D eigenvalue weighted by atomic mass is 10.0. The van der Waals surface area contributed by atoms with E-state index in [0.717, 1.165) is 31.0 Å². The fourth-order valence-electron chi connectivity index (χ4n) is 2.55. The maximum atomic E-state index is 12.7. The van der Waals surface area contributed by atoms with Crippen molar-refractivity contribution >= 4 is 30.1 Å². The molecule has 22 heavy (non-hydrogen) atoms. The Bertz CT molecular complexity index is 446. The minimum Gasteiger partial charge on any atom is -0.332 e. The van der Waals surface area contributed by atoms with Crippen molar-refractivity contribution in [3.8, 4) is 0 Å². The van der Waals surface area contributed by atoms with Crippen LogP contribution in [0.1, 0.15) is 38.3 Å². The van der Waals surface area contributed by atoms with E-state index in [0.29, 0.717) is 0 Å². The summed E-state index contributed by atoms with van der Waals surface area (Å²) in [4.78, 5) is 18.9. The predicted octanol–water partition coefficient (Wildman–Crippen LogP) is 2.90. The number of nitrogens with zero attached hydrogens (tertiary/aromatic N) is 2. The fourth-order valence-corrected chi connectivity index (χ4v) is 3.64. The Morgan fingerprint density at radius 3 is 3.09 bits per heavy atom. The predicted molar refractivity (Wildman–Crippen MR) is 95.6 cm³/mol. The van der Waals surface area contributed by atoms with Crippen molar-refractivity contribution in [2.45, 2.75) is 38.0 Å². The third-order valence-electron chi connectivity index (χ3n) is 3.81. The maximum absolute atomic E-state index is 12.7. The third kappa shape index (κ3) is 5.14. The summed E-state index contributed by atoms with van der Waals surface area (Å²) in [5.41, 5.74) is 1.11. The van der Waals surface area contributed by atoms with Crippen LogP contribution >= 0.6 is 24.2 Å². The van der Waals surface area contributed by atoms with Crippen molar-refractivity contribution in [3.63, 3.8) is 0 Å². The molecular weight excluding hydrogens is 318 g/mol. The lowest BCUT2D eigenvalue weighted by molar-refractivity contribution is -0.133. The second-order valence-corrected chi connectivity index (χ2v) is 6.85. The zero-order valence-electron chi connectivity index (χ0n) is 13.3. The molecule has 4 nitrogen and oxygen atoms in total. The van der Waals surface area contributed by atoms with Gasteiger partial charge in [0, 0.05) is 32.0 Å². The molecule has 2 atom stereocenters. The number of hydrogen-bond donors (Lipinski definition) is 1. The number of unbranched alkanes of at least 4 members (excludes halogenated alkanes) is 1. The van der Waals surface area contributed by atoms with E-state index in [1.165, 1.54) is 12.8 Å². The minimum absolute atomic E-state index is 0. The molecule has 2 unspecified atom stereocenters. The van der Waals surface area contributed by atoms with Crippen molar-refractivity contribution in [1.29, 1.82) is 0 Å². The smallest absolute Gasteiger partial charge is 0.236 e. The first-order valence-corrected chi connectivity index (χ1v) is 8.81. The highest BCUT2D eigenvalue weighted by atomic mass is 35.5. The van der Waals surface area contributed by atoms with Crippen molar-refractivity contribution in [2.24, 2.45) is 0 Å². The molecule has 1 amide bonds. The summed E-state index contributed by atoms with van der Waals surface area (Å²) in [7, 11) is 0. The van der Waals surface area contributed by atoms with Crippen molar-refractivity contribution in [3.05, 3.63) is 30.1 Å². The number of hydrogen-bond acceptors (Lipinski definition) is 4. The first kappa shape index (κ1) is 19.3. The number of rotatable bonds is 6. The molecule has 0 spiro atoms. The van der Waals surface area contributed by atoms with E-state index in [4.69, 9.17) is 0 Å². The first-order valence-electron chi connectivity index (χ1n) is 7.76. The average Bonchev–Trinajstić information content (AvgIpc) is 2.55. The van der Waals surface area contributed by atoms with Crippen LogP contribution in [-0.4, -0.2) is 46.4 Å². The molecule has 124 valence electrons. The normalized spacial score (nSPS) is 19.4. The first-order chi connectivity index (χ1) is 10.2. The Balaban J connectivity index is 0.00000242. The Morgan fingerprint density at radius 2 is 2.41 bits per heavy atom. The summed E-state index contributed by atoms with van der Waals surface area (Å²) < 4.78 is 0. The van der Waals surface area contributed by atoms with E-state index in [9.17, 15) is 4.79 Å². The van der Waals surface area contributed by atoms with E-state index < -0.39 is 0 Å². The zero-order chi connectivity index (χ0) is 15.1. The molecule has 0 radical (unpaired) electrons. The molecule has 1 saturated heterocycles. The number of thioether (sulfide) groups is 1. The summed E-state index contributed by atoms with van der Waals surface area (Å²) in [6, 6.07) is 4.10. The molecule has 0 aromatic carbocycles. The van der Waals surface area contributed by atoms with Crippen LogP contribution in [0.5, 0.6) is 0 Å². The molecule has 0 bridgehead atoms. The Morgan fingerprint density at radius 1 is 1.59 bits per heavy atom. The van der Waals surface area contributed by atoms with Gasteiger partial charge in [-0.05, 0) is 30.7 Å². The molecule has 6 heteroatoms. The number of piperazine rings is 1. The summed E-state index contributed by atoms with van der Waals surface area (Å²) >= 11 is 1.77. The highest BCUT2D eigenvalue weighted by Crippen LogP contribution is 2.25. The van der Waals surface area contributed by atoms with E-state index >= 15 is 0 Å². The summed E-state index contributed by atoms with van der Waals surface area (Å²) in [5.74, 6) is 1.32. The average molecular weight is 344 g/mol. The third-order valence-corrected chi connectivity index (χ3v) is 5.04. The van der Waals surface area contributed by atoms with Crippen molar-refractivity contribution < 1.29 is 4.79 Å². The Hall–Kier alpha value is -0.780. The molecular formula is C16H26ClN3OS. The highest BCUT2D eigenvalue weighted by molar-refractivity contribution is 8.00. The van der Waals surface area contributed by atoms with Crippen LogP contribution in [0.3, 0.4) is 0 Å². The lowest BCUT2D eigenvalue weighted by Gasteiger charge is -2.37. The largest absolute Gasteiger partial charge is 0.332 e. The van der Waals surface area contributed by atoms with Gasteiger partial charge in [0.2, 0.25) is 5.91 Å². The van der Waals surface area contributed by atoms with Crippen LogP contribution in [0.2, 0.25) is 0 Å². The maximum Gasteiger partial charge on any atom is 0.236 e. The van der Waals surface area contributed by atoms with E-state index in [1.807, 2.05) is 24.1 Å². The molecule has 2 rings (SSSR count). The molecule has 1 fully saturated rings. The highest BCUT2D eigenvalue weighted by Gasteiger charge is 2.30. The van der Waals surface area contributed by atoms with Gasteiger partial charge < -0.3 is 10.2 Å². The Kier molecular flexibility index (Phi) is 8.83. The van der Waals surface area contributed by atoms with Gasteiger partial charge in [-0.15, -0.1) is 24.2 Å². The monoisotopic (exact) mass is 343 g/mol. The molecule has 2 heterocycles. The summed E-state index contributed by atoms with van der Waals surface area (Å²) in [6.07, 6.45) is 6.00. The van der Waals surface area contributed by atoms with E-state index in [2.05, 4.69) is 23.3 Å². The topological polar surface area (TPSA) is 45.2 Å². The van der Waals surface area contributed by atoms with Crippen LogP contribution in [0.25, 0.3) is 0 Å². The van der Waals surface area contributed by atoms with Gasteiger partial charge in [-0.1, -0.05) is 19.4 Å². The van der Waals surface area contributed by atoms with Crippen LogP contribution in [0, 0.1) is 0 Å². The number of halogens is 1. The van der Waals surface area contributed by atoms with Gasteiger partial charge in [0.25, 0.3) is 0 Å². The van der Waals surface area contributed by atoms with Gasteiger partial charge in [0.15, 0.2) is 0 Å². The fraction of sp³-hybridized carbons (Fsp3) is 0.625. The van der Waals surface area contributed by atoms with Crippen LogP contribution in [0.15, 0.2) is 24.5 Å². The number of pyridine rings is 1. The number of carbonyl (C=O) groups excluding carboxylic acids is 1. The molecule has 1 N–H and O–H groups in total. The van der Waals surface area contributed by atoms with Crippen molar-refractivity contribution in [1.82, 2.24) is 15.2 Å². The molecule has 0 saturated carbocycles. The number of amides is 1. The molecule has 1 aromatic rings. The second-order valence-electron chi connectivity index (χ2n) is 5.40. The van der Waals surface area contributed by atoms with Gasteiger partial charge in [-0.2, -0.15) is 0 Å². The minimum atomic E-state index is 0. The molecule has 1 aliphatic rings. The lowest BCUT2D eigenvalue weighted by Crippen LogP contribution is -2.50. The van der Waals surface area contributed by atoms with Crippen LogP contribution in [0.4, 0.5) is 0 Å². The van der Waals surface area contributed by atoms with E-state index in [-0.39, 0.29) is 29.6 Å². The van der Waals surface area contributed by atoms with Gasteiger partial charge in [0.05, 0.1) is 11.3 Å². The quantitative estimate of drug-likeness (QED) is 0.807. The van der Waals surface area contributed by atoms with E-state index in [1.54, 1.807) is 18.0 Å². The van der Waals surface area contributed by atoms with Gasteiger partial charge in [0.1, 0.15) is 0 Å². The standard InChI is InChI=1S/C16H25N3OS.ClH/c1-3-4-10-21-13(2)16(20)19-9-8-18-12-15(19)14-6-5-7-17-11-14;/h5-7,11,13,15,18H,3-4,8-10,12H2,1-2H3;1H.